The molecule has 0 heterocycles. The summed E-state index contributed by atoms with van der Waals surface area (Å²) in [6, 6.07) is 13.7. The second-order valence-electron chi connectivity index (χ2n) is 4.34. The fourth-order valence-electron chi connectivity index (χ4n) is 1.71. The van der Waals surface area contributed by atoms with Crippen LogP contribution in [0.15, 0.2) is 42.5 Å². The molecule has 0 bridgehead atoms. The summed E-state index contributed by atoms with van der Waals surface area (Å²) >= 11 is 0. The highest BCUT2D eigenvalue weighted by Gasteiger charge is 2.05. The van der Waals surface area contributed by atoms with Crippen molar-refractivity contribution >= 4 is 17.3 Å². The van der Waals surface area contributed by atoms with Gasteiger partial charge >= 0.3 is 0 Å². The fourth-order valence-corrected chi connectivity index (χ4v) is 1.71. The molecule has 2 aromatic carbocycles. The summed E-state index contributed by atoms with van der Waals surface area (Å²) in [5.74, 6) is -0.204. The first-order valence-corrected chi connectivity index (χ1v) is 6.02. The van der Waals surface area contributed by atoms with Crippen LogP contribution in [0.3, 0.4) is 0 Å². The van der Waals surface area contributed by atoms with Gasteiger partial charge in [-0.05, 0) is 42.0 Å². The Morgan fingerprint density at radius 3 is 2.40 bits per heavy atom. The number of carbonyl (C=O) groups excluding carboxylic acids is 1. The Morgan fingerprint density at radius 2 is 1.80 bits per heavy atom. The number of benzene rings is 2. The molecule has 100 valence electrons. The Labute approximate surface area is 116 Å². The number of nitrogens with zero attached hydrogens (tertiary/aromatic N) is 1. The Balaban J connectivity index is 2.01. The van der Waals surface area contributed by atoms with Gasteiger partial charge in [0.15, 0.2) is 0 Å². The van der Waals surface area contributed by atoms with Gasteiger partial charge in [-0.25, -0.2) is 0 Å². The van der Waals surface area contributed by atoms with E-state index in [4.69, 9.17) is 16.7 Å². The number of nitrogen functional groups attached to an aromatic ring is 2. The van der Waals surface area contributed by atoms with Gasteiger partial charge in [-0.2, -0.15) is 5.26 Å². The molecule has 5 nitrogen and oxygen atoms in total. The molecule has 0 radical (unpaired) electrons. The summed E-state index contributed by atoms with van der Waals surface area (Å²) in [7, 11) is 0. The van der Waals surface area contributed by atoms with E-state index in [9.17, 15) is 4.79 Å². The Kier molecular flexibility index (Phi) is 3.87. The van der Waals surface area contributed by atoms with E-state index in [0.29, 0.717) is 29.0 Å². The van der Waals surface area contributed by atoms with Gasteiger partial charge in [0.25, 0.3) is 5.91 Å². The largest absolute Gasteiger partial charge is 0.397 e. The molecule has 0 spiro atoms. The monoisotopic (exact) mass is 266 g/mol. The minimum Gasteiger partial charge on any atom is -0.397 e. The molecule has 5 N–H and O–H groups in total. The van der Waals surface area contributed by atoms with Gasteiger partial charge in [-0.15, -0.1) is 0 Å². The van der Waals surface area contributed by atoms with Crippen molar-refractivity contribution in [1.29, 1.82) is 5.26 Å². The third-order valence-corrected chi connectivity index (χ3v) is 2.88. The zero-order valence-corrected chi connectivity index (χ0v) is 10.8. The number of hydrogen-bond acceptors (Lipinski definition) is 4. The molecule has 0 saturated carbocycles. The van der Waals surface area contributed by atoms with Crippen molar-refractivity contribution in [3.63, 3.8) is 0 Å². The molecular weight excluding hydrogens is 252 g/mol. The molecule has 1 amide bonds. The second kappa shape index (κ2) is 5.76. The van der Waals surface area contributed by atoms with E-state index in [1.165, 1.54) is 0 Å². The van der Waals surface area contributed by atoms with E-state index < -0.39 is 0 Å². The topological polar surface area (TPSA) is 105 Å². The minimum atomic E-state index is -0.204. The Hall–Kier alpha value is -3.00. The molecular formula is C15H14N4O. The van der Waals surface area contributed by atoms with Crippen molar-refractivity contribution in [2.24, 2.45) is 0 Å². The number of carbonyl (C=O) groups is 1. The maximum Gasteiger partial charge on any atom is 0.251 e. The highest BCUT2D eigenvalue weighted by Crippen LogP contribution is 2.15. The van der Waals surface area contributed by atoms with Crippen LogP contribution in [-0.4, -0.2) is 5.91 Å². The summed E-state index contributed by atoms with van der Waals surface area (Å²) in [5.41, 5.74) is 14.2. The minimum absolute atomic E-state index is 0.204. The molecule has 0 aromatic heterocycles. The van der Waals surface area contributed by atoms with E-state index >= 15 is 0 Å². The van der Waals surface area contributed by atoms with Crippen LogP contribution in [-0.2, 0) is 6.54 Å². The lowest BCUT2D eigenvalue weighted by Gasteiger charge is -2.07. The van der Waals surface area contributed by atoms with Crippen molar-refractivity contribution in [2.75, 3.05) is 11.5 Å². The van der Waals surface area contributed by atoms with Gasteiger partial charge in [0.1, 0.15) is 0 Å². The third kappa shape index (κ3) is 3.06. The zero-order chi connectivity index (χ0) is 14.5. The van der Waals surface area contributed by atoms with E-state index in [2.05, 4.69) is 5.32 Å². The van der Waals surface area contributed by atoms with Crippen LogP contribution in [0.4, 0.5) is 11.4 Å². The predicted octanol–water partition coefficient (Wildman–Crippen LogP) is 1.65. The molecule has 0 aliphatic carbocycles. The first-order chi connectivity index (χ1) is 9.60. The van der Waals surface area contributed by atoms with Crippen molar-refractivity contribution < 1.29 is 4.79 Å². The zero-order valence-electron chi connectivity index (χ0n) is 10.8. The molecule has 5 heteroatoms. The Bertz CT molecular complexity index is 671. The first kappa shape index (κ1) is 13.4. The molecule has 0 aliphatic rings. The average Bonchev–Trinajstić information content (AvgIpc) is 2.48. The predicted molar refractivity (Wildman–Crippen MR) is 77.6 cm³/mol. The summed E-state index contributed by atoms with van der Waals surface area (Å²) < 4.78 is 0. The van der Waals surface area contributed by atoms with Crippen LogP contribution >= 0.6 is 0 Å². The lowest BCUT2D eigenvalue weighted by Crippen LogP contribution is -2.22. The van der Waals surface area contributed by atoms with Gasteiger partial charge in [0, 0.05) is 12.1 Å². The highest BCUT2D eigenvalue weighted by atomic mass is 16.1. The van der Waals surface area contributed by atoms with Crippen molar-refractivity contribution in [1.82, 2.24) is 5.32 Å². The fraction of sp³-hybridized carbons (Fsp3) is 0.0667. The van der Waals surface area contributed by atoms with E-state index in [1.807, 2.05) is 12.1 Å². The standard InChI is InChI=1S/C15H14N4O/c16-8-10-1-4-12(5-2-10)15(20)19-9-11-3-6-13(17)14(18)7-11/h1-7H,9,17-18H2,(H,19,20). The van der Waals surface area contributed by atoms with Gasteiger partial charge in [0.2, 0.25) is 0 Å². The van der Waals surface area contributed by atoms with Crippen LogP contribution in [0.25, 0.3) is 0 Å². The van der Waals surface area contributed by atoms with Gasteiger partial charge in [-0.1, -0.05) is 6.07 Å². The van der Waals surface area contributed by atoms with Crippen molar-refractivity contribution in [2.45, 2.75) is 6.54 Å². The molecule has 2 rings (SSSR count). The number of nitrogens with one attached hydrogen (secondary N) is 1. The third-order valence-electron chi connectivity index (χ3n) is 2.88. The molecule has 0 atom stereocenters. The Morgan fingerprint density at radius 1 is 1.10 bits per heavy atom. The summed E-state index contributed by atoms with van der Waals surface area (Å²) in [6.45, 7) is 0.364. The highest BCUT2D eigenvalue weighted by molar-refractivity contribution is 5.94. The SMILES string of the molecule is N#Cc1ccc(C(=O)NCc2ccc(N)c(N)c2)cc1. The van der Waals surface area contributed by atoms with E-state index in [-0.39, 0.29) is 5.91 Å². The average molecular weight is 266 g/mol. The number of rotatable bonds is 3. The normalized spacial score (nSPS) is 9.75. The van der Waals surface area contributed by atoms with Crippen LogP contribution in [0.5, 0.6) is 0 Å². The summed E-state index contributed by atoms with van der Waals surface area (Å²) in [5, 5.41) is 11.5. The van der Waals surface area contributed by atoms with E-state index in [1.54, 1.807) is 36.4 Å². The summed E-state index contributed by atoms with van der Waals surface area (Å²) in [4.78, 5) is 11.9. The maximum absolute atomic E-state index is 11.9. The molecule has 0 aliphatic heterocycles. The molecule has 0 unspecified atom stereocenters. The van der Waals surface area contributed by atoms with Crippen LogP contribution < -0.4 is 16.8 Å². The quantitative estimate of drug-likeness (QED) is 0.734. The number of anilines is 2. The maximum atomic E-state index is 11.9. The second-order valence-corrected chi connectivity index (χ2v) is 4.34. The van der Waals surface area contributed by atoms with Gasteiger partial charge in [0.05, 0.1) is 23.0 Å². The number of nitrogens with two attached hydrogens (primary N) is 2. The van der Waals surface area contributed by atoms with Crippen LogP contribution in [0, 0.1) is 11.3 Å². The van der Waals surface area contributed by atoms with Crippen molar-refractivity contribution in [3.8, 4) is 6.07 Å². The number of amides is 1. The number of hydrogen-bond donors (Lipinski definition) is 3. The van der Waals surface area contributed by atoms with Gasteiger partial charge < -0.3 is 16.8 Å². The summed E-state index contributed by atoms with van der Waals surface area (Å²) in [6.07, 6.45) is 0. The smallest absolute Gasteiger partial charge is 0.251 e. The molecule has 20 heavy (non-hydrogen) atoms. The molecule has 0 saturated heterocycles. The first-order valence-electron chi connectivity index (χ1n) is 6.02. The van der Waals surface area contributed by atoms with E-state index in [0.717, 1.165) is 5.56 Å². The van der Waals surface area contributed by atoms with Crippen molar-refractivity contribution in [3.05, 3.63) is 59.2 Å². The van der Waals surface area contributed by atoms with Crippen LogP contribution in [0.2, 0.25) is 0 Å². The molecule has 0 fully saturated rings. The molecule has 2 aromatic rings. The van der Waals surface area contributed by atoms with Gasteiger partial charge in [-0.3, -0.25) is 4.79 Å². The van der Waals surface area contributed by atoms with Crippen LogP contribution in [0.1, 0.15) is 21.5 Å². The number of nitriles is 1. The lowest BCUT2D eigenvalue weighted by atomic mass is 10.1. The lowest BCUT2D eigenvalue weighted by molar-refractivity contribution is 0.0951.